The van der Waals surface area contributed by atoms with Crippen molar-refractivity contribution in [2.45, 2.75) is 18.9 Å². The highest BCUT2D eigenvalue weighted by Crippen LogP contribution is 2.12. The van der Waals surface area contributed by atoms with Crippen LogP contribution >= 0.6 is 0 Å². The van der Waals surface area contributed by atoms with Gasteiger partial charge in [0.15, 0.2) is 0 Å². The summed E-state index contributed by atoms with van der Waals surface area (Å²) in [6, 6.07) is 7.21. The SMILES string of the molecule is CN(C)C(=O)c1ccc(NC(=O)CN2CCC(N)CC2)cc1. The van der Waals surface area contributed by atoms with Crippen molar-refractivity contribution in [3.63, 3.8) is 0 Å². The molecule has 120 valence electrons. The van der Waals surface area contributed by atoms with Crippen LogP contribution in [0.15, 0.2) is 24.3 Å². The number of nitrogens with one attached hydrogen (secondary N) is 1. The van der Waals surface area contributed by atoms with Crippen LogP contribution in [-0.4, -0.2) is 61.4 Å². The normalized spacial score (nSPS) is 16.3. The second-order valence-corrected chi connectivity index (χ2v) is 5.94. The second kappa shape index (κ2) is 7.38. The summed E-state index contributed by atoms with van der Waals surface area (Å²) in [6.45, 7) is 2.11. The van der Waals surface area contributed by atoms with Crippen LogP contribution < -0.4 is 11.1 Å². The molecule has 3 N–H and O–H groups in total. The number of hydrogen-bond acceptors (Lipinski definition) is 4. The molecule has 6 heteroatoms. The van der Waals surface area contributed by atoms with E-state index in [-0.39, 0.29) is 17.9 Å². The molecular formula is C16H24N4O2. The molecule has 2 amide bonds. The van der Waals surface area contributed by atoms with Crippen molar-refractivity contribution in [2.24, 2.45) is 5.73 Å². The molecule has 1 aromatic carbocycles. The average Bonchev–Trinajstić information content (AvgIpc) is 2.49. The van der Waals surface area contributed by atoms with E-state index in [1.54, 1.807) is 38.4 Å². The van der Waals surface area contributed by atoms with Crippen molar-refractivity contribution in [1.29, 1.82) is 0 Å². The predicted octanol–water partition coefficient (Wildman–Crippen LogP) is 0.750. The standard InChI is InChI=1S/C16H24N4O2/c1-19(2)16(22)12-3-5-14(6-4-12)18-15(21)11-20-9-7-13(17)8-10-20/h3-6,13H,7-11,17H2,1-2H3,(H,18,21). The number of hydrogen-bond donors (Lipinski definition) is 2. The lowest BCUT2D eigenvalue weighted by atomic mass is 10.1. The molecule has 0 spiro atoms. The van der Waals surface area contributed by atoms with Crippen LogP contribution in [0.5, 0.6) is 0 Å². The molecule has 0 unspecified atom stereocenters. The Labute approximate surface area is 131 Å². The monoisotopic (exact) mass is 304 g/mol. The van der Waals surface area contributed by atoms with Crippen LogP contribution in [0, 0.1) is 0 Å². The van der Waals surface area contributed by atoms with Gasteiger partial charge in [-0.2, -0.15) is 0 Å². The summed E-state index contributed by atoms with van der Waals surface area (Å²) in [6.07, 6.45) is 1.88. The highest BCUT2D eigenvalue weighted by atomic mass is 16.2. The molecule has 1 aliphatic rings. The Hall–Kier alpha value is -1.92. The largest absolute Gasteiger partial charge is 0.345 e. The lowest BCUT2D eigenvalue weighted by Gasteiger charge is -2.29. The smallest absolute Gasteiger partial charge is 0.253 e. The molecule has 0 bridgehead atoms. The van der Waals surface area contributed by atoms with Crippen LogP contribution in [0.3, 0.4) is 0 Å². The van der Waals surface area contributed by atoms with E-state index in [2.05, 4.69) is 10.2 Å². The summed E-state index contributed by atoms with van der Waals surface area (Å²) >= 11 is 0. The van der Waals surface area contributed by atoms with Gasteiger partial charge in [0.05, 0.1) is 6.54 Å². The number of nitrogens with two attached hydrogens (primary N) is 1. The molecule has 1 saturated heterocycles. The van der Waals surface area contributed by atoms with E-state index < -0.39 is 0 Å². The number of piperidine rings is 1. The topological polar surface area (TPSA) is 78.7 Å². The minimum Gasteiger partial charge on any atom is -0.345 e. The Morgan fingerprint density at radius 3 is 2.36 bits per heavy atom. The molecule has 6 nitrogen and oxygen atoms in total. The first-order chi connectivity index (χ1) is 10.5. The summed E-state index contributed by atoms with van der Waals surface area (Å²) in [5.41, 5.74) is 7.16. The van der Waals surface area contributed by atoms with Gasteiger partial charge in [0.25, 0.3) is 5.91 Å². The zero-order valence-corrected chi connectivity index (χ0v) is 13.2. The molecule has 0 radical (unpaired) electrons. The van der Waals surface area contributed by atoms with Crippen LogP contribution in [0.25, 0.3) is 0 Å². The number of carbonyl (C=O) groups excluding carboxylic acids is 2. The number of nitrogens with zero attached hydrogens (tertiary/aromatic N) is 2. The maximum atomic E-state index is 12.0. The maximum absolute atomic E-state index is 12.0. The van der Waals surface area contributed by atoms with Gasteiger partial charge in [-0.3, -0.25) is 14.5 Å². The molecule has 22 heavy (non-hydrogen) atoms. The zero-order valence-electron chi connectivity index (χ0n) is 13.2. The molecule has 0 aromatic heterocycles. The molecule has 2 rings (SSSR count). The van der Waals surface area contributed by atoms with Crippen molar-refractivity contribution in [2.75, 3.05) is 39.0 Å². The zero-order chi connectivity index (χ0) is 16.1. The fourth-order valence-electron chi connectivity index (χ4n) is 2.47. The van der Waals surface area contributed by atoms with Crippen LogP contribution in [-0.2, 0) is 4.79 Å². The number of amides is 2. The number of anilines is 1. The number of carbonyl (C=O) groups is 2. The van der Waals surface area contributed by atoms with Gasteiger partial charge in [0.1, 0.15) is 0 Å². The fourth-order valence-corrected chi connectivity index (χ4v) is 2.47. The summed E-state index contributed by atoms with van der Waals surface area (Å²) in [7, 11) is 3.42. The Kier molecular flexibility index (Phi) is 5.51. The fraction of sp³-hybridized carbons (Fsp3) is 0.500. The predicted molar refractivity (Wildman–Crippen MR) is 86.7 cm³/mol. The number of benzene rings is 1. The molecule has 0 saturated carbocycles. The van der Waals surface area contributed by atoms with E-state index in [0.29, 0.717) is 17.8 Å². The van der Waals surface area contributed by atoms with Crippen LogP contribution in [0.2, 0.25) is 0 Å². The van der Waals surface area contributed by atoms with Gasteiger partial charge in [-0.1, -0.05) is 0 Å². The Balaban J connectivity index is 1.85. The van der Waals surface area contributed by atoms with Gasteiger partial charge >= 0.3 is 0 Å². The highest BCUT2D eigenvalue weighted by Gasteiger charge is 2.18. The summed E-state index contributed by atoms with van der Waals surface area (Å²) < 4.78 is 0. The first-order valence-corrected chi connectivity index (χ1v) is 7.55. The Morgan fingerprint density at radius 1 is 1.23 bits per heavy atom. The quantitative estimate of drug-likeness (QED) is 0.860. The summed E-state index contributed by atoms with van der Waals surface area (Å²) in [4.78, 5) is 27.5. The van der Waals surface area contributed by atoms with Crippen LogP contribution in [0.4, 0.5) is 5.69 Å². The van der Waals surface area contributed by atoms with E-state index in [1.165, 1.54) is 4.90 Å². The number of likely N-dealkylation sites (tertiary alicyclic amines) is 1. The maximum Gasteiger partial charge on any atom is 0.253 e. The molecule has 1 fully saturated rings. The Morgan fingerprint density at radius 2 is 1.82 bits per heavy atom. The van der Waals surface area contributed by atoms with Crippen molar-refractivity contribution in [1.82, 2.24) is 9.80 Å². The van der Waals surface area contributed by atoms with Gasteiger partial charge in [-0.15, -0.1) is 0 Å². The third-order valence-corrected chi connectivity index (χ3v) is 3.82. The van der Waals surface area contributed by atoms with Crippen molar-refractivity contribution < 1.29 is 9.59 Å². The van der Waals surface area contributed by atoms with Gasteiger partial charge in [-0.25, -0.2) is 0 Å². The molecule has 1 heterocycles. The van der Waals surface area contributed by atoms with Crippen molar-refractivity contribution in [3.8, 4) is 0 Å². The van der Waals surface area contributed by atoms with E-state index in [0.717, 1.165) is 25.9 Å². The molecule has 1 aliphatic heterocycles. The van der Waals surface area contributed by atoms with E-state index in [4.69, 9.17) is 5.73 Å². The second-order valence-electron chi connectivity index (χ2n) is 5.94. The number of rotatable bonds is 4. The van der Waals surface area contributed by atoms with Gasteiger partial charge in [0.2, 0.25) is 5.91 Å². The average molecular weight is 304 g/mol. The lowest BCUT2D eigenvalue weighted by molar-refractivity contribution is -0.117. The molecule has 0 aliphatic carbocycles. The van der Waals surface area contributed by atoms with Gasteiger partial charge in [0, 0.05) is 44.5 Å². The highest BCUT2D eigenvalue weighted by molar-refractivity contribution is 5.95. The van der Waals surface area contributed by atoms with E-state index in [9.17, 15) is 9.59 Å². The van der Waals surface area contributed by atoms with Crippen molar-refractivity contribution >= 4 is 17.5 Å². The Bertz CT molecular complexity index is 519. The lowest BCUT2D eigenvalue weighted by Crippen LogP contribution is -2.43. The summed E-state index contributed by atoms with van der Waals surface area (Å²) in [5, 5.41) is 2.86. The molecular weight excluding hydrogens is 280 g/mol. The van der Waals surface area contributed by atoms with E-state index in [1.807, 2.05) is 0 Å². The minimum atomic E-state index is -0.0532. The molecule has 1 aromatic rings. The third-order valence-electron chi connectivity index (χ3n) is 3.82. The minimum absolute atomic E-state index is 0.0397. The van der Waals surface area contributed by atoms with Crippen LogP contribution in [0.1, 0.15) is 23.2 Å². The first kappa shape index (κ1) is 16.5. The molecule has 0 atom stereocenters. The first-order valence-electron chi connectivity index (χ1n) is 7.55. The van der Waals surface area contributed by atoms with E-state index >= 15 is 0 Å². The third kappa shape index (κ3) is 4.54. The van der Waals surface area contributed by atoms with Crippen molar-refractivity contribution in [3.05, 3.63) is 29.8 Å². The summed E-state index contributed by atoms with van der Waals surface area (Å²) in [5.74, 6) is -0.0929. The van der Waals surface area contributed by atoms with Gasteiger partial charge in [-0.05, 0) is 37.1 Å². The van der Waals surface area contributed by atoms with Gasteiger partial charge < -0.3 is 16.0 Å².